The second kappa shape index (κ2) is 6.40. The van der Waals surface area contributed by atoms with Crippen molar-refractivity contribution in [2.75, 3.05) is 12.3 Å². The zero-order chi connectivity index (χ0) is 16.3. The van der Waals surface area contributed by atoms with Gasteiger partial charge in [0.25, 0.3) is 0 Å². The van der Waals surface area contributed by atoms with Crippen LogP contribution in [0.4, 0.5) is 5.69 Å². The van der Waals surface area contributed by atoms with Gasteiger partial charge in [0, 0.05) is 23.0 Å². The number of fused-ring (bicyclic) bond motifs is 1. The second-order valence-electron chi connectivity index (χ2n) is 5.33. The van der Waals surface area contributed by atoms with Gasteiger partial charge in [0.1, 0.15) is 0 Å². The minimum atomic E-state index is -3.58. The predicted molar refractivity (Wildman–Crippen MR) is 93.7 cm³/mol. The van der Waals surface area contributed by atoms with E-state index in [0.717, 1.165) is 10.9 Å². The average molecular weight is 326 g/mol. The van der Waals surface area contributed by atoms with Crippen molar-refractivity contribution in [1.29, 1.82) is 0 Å². The number of hydrogen-bond acceptors (Lipinski definition) is 3. The zero-order valence-corrected chi connectivity index (χ0v) is 13.4. The van der Waals surface area contributed by atoms with Crippen molar-refractivity contribution >= 4 is 26.5 Å². The van der Waals surface area contributed by atoms with E-state index in [1.165, 1.54) is 0 Å². The first-order valence-corrected chi connectivity index (χ1v) is 8.87. The predicted octanol–water partition coefficient (Wildman–Crippen LogP) is 2.94. The van der Waals surface area contributed by atoms with E-state index >= 15 is 0 Å². The highest BCUT2D eigenvalue weighted by atomic mass is 32.2. The minimum Gasteiger partial charge on any atom is -0.398 e. The lowest BCUT2D eigenvalue weighted by Gasteiger charge is -2.10. The molecule has 5 heteroatoms. The number of sulfonamides is 1. The average Bonchev–Trinajstić information content (AvgIpc) is 2.55. The van der Waals surface area contributed by atoms with Crippen molar-refractivity contribution in [3.63, 3.8) is 0 Å². The molecule has 3 aromatic carbocycles. The van der Waals surface area contributed by atoms with Crippen LogP contribution < -0.4 is 10.5 Å². The van der Waals surface area contributed by atoms with E-state index in [9.17, 15) is 8.42 Å². The first-order chi connectivity index (χ1) is 11.1. The monoisotopic (exact) mass is 326 g/mol. The Labute approximate surface area is 136 Å². The maximum absolute atomic E-state index is 12.6. The van der Waals surface area contributed by atoms with E-state index in [1.807, 2.05) is 36.4 Å². The number of anilines is 1. The van der Waals surface area contributed by atoms with Gasteiger partial charge < -0.3 is 5.73 Å². The molecule has 0 unspecified atom stereocenters. The fraction of sp³-hybridized carbons (Fsp3) is 0.111. The fourth-order valence-corrected chi connectivity index (χ4v) is 3.84. The van der Waals surface area contributed by atoms with Crippen LogP contribution >= 0.6 is 0 Å². The largest absolute Gasteiger partial charge is 0.398 e. The summed E-state index contributed by atoms with van der Waals surface area (Å²) in [4.78, 5) is 0.260. The van der Waals surface area contributed by atoms with Gasteiger partial charge in [0.15, 0.2) is 0 Å². The van der Waals surface area contributed by atoms with Crippen LogP contribution in [-0.2, 0) is 16.4 Å². The Kier molecular flexibility index (Phi) is 4.32. The molecule has 0 heterocycles. The minimum absolute atomic E-state index is 0.260. The molecular weight excluding hydrogens is 308 g/mol. The van der Waals surface area contributed by atoms with Gasteiger partial charge in [-0.1, -0.05) is 54.6 Å². The van der Waals surface area contributed by atoms with Crippen molar-refractivity contribution in [2.24, 2.45) is 0 Å². The van der Waals surface area contributed by atoms with Crippen LogP contribution in [0.25, 0.3) is 10.8 Å². The molecule has 23 heavy (non-hydrogen) atoms. The molecule has 3 aromatic rings. The lowest BCUT2D eigenvalue weighted by Crippen LogP contribution is -2.26. The van der Waals surface area contributed by atoms with E-state index in [-0.39, 0.29) is 4.90 Å². The standard InChI is InChI=1S/C18H18N2O2S/c19-17-10-4-9-16-15(17)8-5-11-18(16)23(21,22)20-13-12-14-6-2-1-3-7-14/h1-11,20H,12-13,19H2. The highest BCUT2D eigenvalue weighted by Gasteiger charge is 2.17. The fourth-order valence-electron chi connectivity index (χ4n) is 2.59. The molecule has 0 fully saturated rings. The van der Waals surface area contributed by atoms with Gasteiger partial charge in [-0.05, 0) is 24.1 Å². The van der Waals surface area contributed by atoms with Gasteiger partial charge >= 0.3 is 0 Å². The molecule has 4 nitrogen and oxygen atoms in total. The van der Waals surface area contributed by atoms with Crippen molar-refractivity contribution in [3.05, 3.63) is 72.3 Å². The third-order valence-corrected chi connectivity index (χ3v) is 5.27. The Morgan fingerprint density at radius 3 is 2.30 bits per heavy atom. The van der Waals surface area contributed by atoms with Crippen LogP contribution in [0.1, 0.15) is 5.56 Å². The lowest BCUT2D eigenvalue weighted by molar-refractivity contribution is 0.582. The van der Waals surface area contributed by atoms with Crippen molar-refractivity contribution in [3.8, 4) is 0 Å². The summed E-state index contributed by atoms with van der Waals surface area (Å²) in [5, 5.41) is 1.39. The Balaban J connectivity index is 1.84. The number of rotatable bonds is 5. The number of benzene rings is 3. The molecule has 0 aliphatic heterocycles. The summed E-state index contributed by atoms with van der Waals surface area (Å²) in [7, 11) is -3.58. The second-order valence-corrected chi connectivity index (χ2v) is 7.07. The van der Waals surface area contributed by atoms with Crippen molar-refractivity contribution < 1.29 is 8.42 Å². The first kappa shape index (κ1) is 15.5. The van der Waals surface area contributed by atoms with Crippen molar-refractivity contribution in [1.82, 2.24) is 4.72 Å². The molecule has 3 N–H and O–H groups in total. The van der Waals surface area contributed by atoms with Gasteiger partial charge in [-0.3, -0.25) is 0 Å². The highest BCUT2D eigenvalue weighted by molar-refractivity contribution is 7.89. The molecule has 0 saturated heterocycles. The number of hydrogen-bond donors (Lipinski definition) is 2. The summed E-state index contributed by atoms with van der Waals surface area (Å²) in [6.45, 7) is 0.352. The topological polar surface area (TPSA) is 72.2 Å². The van der Waals surface area contributed by atoms with Gasteiger partial charge in [-0.2, -0.15) is 0 Å². The quantitative estimate of drug-likeness (QED) is 0.708. The Morgan fingerprint density at radius 1 is 0.826 bits per heavy atom. The SMILES string of the molecule is Nc1cccc2c(S(=O)(=O)NCCc3ccccc3)cccc12. The van der Waals surface area contributed by atoms with E-state index in [0.29, 0.717) is 24.0 Å². The molecule has 3 rings (SSSR count). The maximum atomic E-state index is 12.6. The lowest BCUT2D eigenvalue weighted by atomic mass is 10.1. The molecule has 0 aromatic heterocycles. The highest BCUT2D eigenvalue weighted by Crippen LogP contribution is 2.26. The molecule has 0 saturated carbocycles. The van der Waals surface area contributed by atoms with Crippen LogP contribution in [0.2, 0.25) is 0 Å². The summed E-state index contributed by atoms with van der Waals surface area (Å²) in [5.41, 5.74) is 7.60. The number of nitrogens with one attached hydrogen (secondary N) is 1. The summed E-state index contributed by atoms with van der Waals surface area (Å²) in [6, 6.07) is 20.2. The molecule has 0 radical (unpaired) electrons. The maximum Gasteiger partial charge on any atom is 0.241 e. The van der Waals surface area contributed by atoms with E-state index in [2.05, 4.69) is 4.72 Å². The summed E-state index contributed by atoms with van der Waals surface area (Å²) < 4.78 is 27.9. The Bertz CT molecular complexity index is 922. The Hall–Kier alpha value is -2.37. The van der Waals surface area contributed by atoms with E-state index in [1.54, 1.807) is 30.3 Å². The van der Waals surface area contributed by atoms with Gasteiger partial charge in [0.05, 0.1) is 4.90 Å². The smallest absolute Gasteiger partial charge is 0.241 e. The summed E-state index contributed by atoms with van der Waals surface area (Å²) in [6.07, 6.45) is 0.646. The normalized spacial score (nSPS) is 11.7. The third-order valence-electron chi connectivity index (χ3n) is 3.75. The van der Waals surface area contributed by atoms with Crippen molar-refractivity contribution in [2.45, 2.75) is 11.3 Å². The van der Waals surface area contributed by atoms with Crippen LogP contribution in [0, 0.1) is 0 Å². The molecule has 0 aliphatic carbocycles. The van der Waals surface area contributed by atoms with Gasteiger partial charge in [-0.25, -0.2) is 13.1 Å². The molecular formula is C18H18N2O2S. The van der Waals surface area contributed by atoms with E-state index < -0.39 is 10.0 Å². The van der Waals surface area contributed by atoms with Gasteiger partial charge in [-0.15, -0.1) is 0 Å². The molecule has 118 valence electrons. The van der Waals surface area contributed by atoms with E-state index in [4.69, 9.17) is 5.73 Å². The third kappa shape index (κ3) is 3.36. The number of nitrogen functional groups attached to an aromatic ring is 1. The molecule has 0 atom stereocenters. The first-order valence-electron chi connectivity index (χ1n) is 7.39. The van der Waals surface area contributed by atoms with Crippen LogP contribution in [0.3, 0.4) is 0 Å². The van der Waals surface area contributed by atoms with Crippen LogP contribution in [0.5, 0.6) is 0 Å². The molecule has 0 amide bonds. The zero-order valence-electron chi connectivity index (χ0n) is 12.6. The van der Waals surface area contributed by atoms with Crippen LogP contribution in [-0.4, -0.2) is 15.0 Å². The summed E-state index contributed by atoms with van der Waals surface area (Å²) in [5.74, 6) is 0. The molecule has 0 spiro atoms. The molecule has 0 aliphatic rings. The Morgan fingerprint density at radius 2 is 1.52 bits per heavy atom. The number of nitrogens with two attached hydrogens (primary N) is 1. The molecule has 0 bridgehead atoms. The van der Waals surface area contributed by atoms with Crippen LogP contribution in [0.15, 0.2) is 71.6 Å². The van der Waals surface area contributed by atoms with Gasteiger partial charge in [0.2, 0.25) is 10.0 Å². The summed E-state index contributed by atoms with van der Waals surface area (Å²) >= 11 is 0.